The van der Waals surface area contributed by atoms with E-state index in [1.807, 2.05) is 38.8 Å². The molecule has 0 unspecified atom stereocenters. The second-order valence-electron chi connectivity index (χ2n) is 10.2. The van der Waals surface area contributed by atoms with Crippen LogP contribution in [0.5, 0.6) is 0 Å². The number of hydrogen-bond donors (Lipinski definition) is 1. The molecular formula is C25H35F3N4O2. The molecule has 1 aromatic rings. The maximum Gasteiger partial charge on any atom is 0.416 e. The van der Waals surface area contributed by atoms with Crippen molar-refractivity contribution in [3.63, 3.8) is 0 Å². The Morgan fingerprint density at radius 3 is 2.15 bits per heavy atom. The van der Waals surface area contributed by atoms with Crippen LogP contribution in [-0.2, 0) is 10.9 Å². The molecule has 0 spiro atoms. The van der Waals surface area contributed by atoms with Crippen LogP contribution in [0.4, 0.5) is 18.0 Å². The molecule has 6 nitrogen and oxygen atoms in total. The highest BCUT2D eigenvalue weighted by Crippen LogP contribution is 2.32. The van der Waals surface area contributed by atoms with E-state index >= 15 is 0 Å². The average Bonchev–Trinajstić information content (AvgIpc) is 2.73. The normalized spacial score (nSPS) is 17.7. The smallest absolute Gasteiger partial charge is 0.416 e. The van der Waals surface area contributed by atoms with Gasteiger partial charge in [-0.05, 0) is 57.4 Å². The molecule has 1 saturated heterocycles. The Morgan fingerprint density at radius 1 is 1.06 bits per heavy atom. The number of piperazine rings is 1. The summed E-state index contributed by atoms with van der Waals surface area (Å²) in [4.78, 5) is 16.4. The summed E-state index contributed by atoms with van der Waals surface area (Å²) < 4.78 is 44.5. The van der Waals surface area contributed by atoms with Gasteiger partial charge in [-0.2, -0.15) is 13.2 Å². The van der Waals surface area contributed by atoms with Gasteiger partial charge in [0.25, 0.3) is 0 Å². The summed E-state index contributed by atoms with van der Waals surface area (Å²) in [6.07, 6.45) is -2.70. The lowest BCUT2D eigenvalue weighted by Gasteiger charge is -2.42. The van der Waals surface area contributed by atoms with Crippen LogP contribution < -0.4 is 5.43 Å². The second-order valence-corrected chi connectivity index (χ2v) is 10.2. The summed E-state index contributed by atoms with van der Waals surface area (Å²) in [6, 6.07) is 5.20. The standard InChI is InChI=1S/C25H35F3N4O2/c1-17(2)16-32-18(3)22(30-11-13-31(14-12-30)23(33)34-24(4,5)6)15-21(29-32)19-7-9-20(10-8-19)25(26,27)28/h7-10,15,17,29H,11-14,16H2,1-6H3. The molecule has 0 bridgehead atoms. The van der Waals surface area contributed by atoms with Crippen molar-refractivity contribution in [3.05, 3.63) is 52.9 Å². The van der Waals surface area contributed by atoms with Gasteiger partial charge < -0.3 is 14.5 Å². The monoisotopic (exact) mass is 480 g/mol. The van der Waals surface area contributed by atoms with Crippen molar-refractivity contribution in [2.24, 2.45) is 5.92 Å². The number of benzene rings is 1. The zero-order valence-corrected chi connectivity index (χ0v) is 20.8. The topological polar surface area (TPSA) is 48.1 Å². The van der Waals surface area contributed by atoms with Crippen LogP contribution in [0, 0.1) is 5.92 Å². The highest BCUT2D eigenvalue weighted by molar-refractivity contribution is 5.69. The van der Waals surface area contributed by atoms with Gasteiger partial charge in [-0.25, -0.2) is 4.79 Å². The van der Waals surface area contributed by atoms with Crippen LogP contribution >= 0.6 is 0 Å². The Kier molecular flexibility index (Phi) is 7.43. The lowest BCUT2D eigenvalue weighted by molar-refractivity contribution is -0.137. The van der Waals surface area contributed by atoms with Crippen LogP contribution in [0.3, 0.4) is 0 Å². The van der Waals surface area contributed by atoms with E-state index in [2.05, 4.69) is 24.2 Å². The highest BCUT2D eigenvalue weighted by Gasteiger charge is 2.31. The fraction of sp³-hybridized carbons (Fsp3) is 0.560. The summed E-state index contributed by atoms with van der Waals surface area (Å²) in [5, 5.41) is 2.05. The van der Waals surface area contributed by atoms with E-state index in [-0.39, 0.29) is 6.09 Å². The first-order valence-corrected chi connectivity index (χ1v) is 11.6. The molecule has 2 aliphatic heterocycles. The molecule has 0 radical (unpaired) electrons. The van der Waals surface area contributed by atoms with Gasteiger partial charge in [-0.15, -0.1) is 0 Å². The lowest BCUT2D eigenvalue weighted by atomic mass is 10.1. The van der Waals surface area contributed by atoms with Crippen molar-refractivity contribution >= 4 is 11.8 Å². The van der Waals surface area contributed by atoms with E-state index in [0.717, 1.165) is 35.8 Å². The van der Waals surface area contributed by atoms with Gasteiger partial charge in [-0.3, -0.25) is 10.4 Å². The zero-order chi connectivity index (χ0) is 25.3. The number of allylic oxidation sites excluding steroid dienone is 2. The van der Waals surface area contributed by atoms with Crippen LogP contribution in [0.1, 0.15) is 52.7 Å². The molecule has 0 atom stereocenters. The average molecular weight is 481 g/mol. The first-order chi connectivity index (χ1) is 15.7. The lowest BCUT2D eigenvalue weighted by Crippen LogP contribution is -2.51. The zero-order valence-electron chi connectivity index (χ0n) is 20.8. The van der Waals surface area contributed by atoms with E-state index in [4.69, 9.17) is 4.74 Å². The molecule has 0 aromatic heterocycles. The summed E-state index contributed by atoms with van der Waals surface area (Å²) in [5.41, 5.74) is 5.62. The molecule has 9 heteroatoms. The minimum atomic E-state index is -4.37. The van der Waals surface area contributed by atoms with Gasteiger partial charge in [0.05, 0.1) is 22.7 Å². The largest absolute Gasteiger partial charge is 0.444 e. The number of rotatable bonds is 4. The molecule has 1 aromatic carbocycles. The van der Waals surface area contributed by atoms with Crippen LogP contribution in [0.25, 0.3) is 5.70 Å². The third-order valence-corrected chi connectivity index (χ3v) is 5.66. The number of nitrogens with zero attached hydrogens (tertiary/aromatic N) is 3. The predicted octanol–water partition coefficient (Wildman–Crippen LogP) is 5.31. The Balaban J connectivity index is 1.82. The van der Waals surface area contributed by atoms with Crippen molar-refractivity contribution in [2.75, 3.05) is 32.7 Å². The van der Waals surface area contributed by atoms with E-state index in [1.54, 1.807) is 4.90 Å². The number of carbonyl (C=O) groups is 1. The number of ether oxygens (including phenoxy) is 1. The van der Waals surface area contributed by atoms with Crippen molar-refractivity contribution < 1.29 is 22.7 Å². The van der Waals surface area contributed by atoms with E-state index < -0.39 is 17.3 Å². The molecule has 1 fully saturated rings. The van der Waals surface area contributed by atoms with Crippen molar-refractivity contribution in [3.8, 4) is 0 Å². The fourth-order valence-corrected chi connectivity index (χ4v) is 3.95. The van der Waals surface area contributed by atoms with Crippen molar-refractivity contribution in [2.45, 2.75) is 53.3 Å². The second kappa shape index (κ2) is 9.80. The van der Waals surface area contributed by atoms with Gasteiger partial charge in [0, 0.05) is 32.7 Å². The van der Waals surface area contributed by atoms with Crippen LogP contribution in [0.2, 0.25) is 0 Å². The third-order valence-electron chi connectivity index (χ3n) is 5.66. The van der Waals surface area contributed by atoms with Crippen molar-refractivity contribution in [1.29, 1.82) is 0 Å². The van der Waals surface area contributed by atoms with E-state index in [1.165, 1.54) is 12.1 Å². The molecule has 2 heterocycles. The molecule has 2 aliphatic rings. The maximum absolute atomic E-state index is 13.0. The maximum atomic E-state index is 13.0. The number of alkyl halides is 3. The molecule has 0 aliphatic carbocycles. The fourth-order valence-electron chi connectivity index (χ4n) is 3.95. The quantitative estimate of drug-likeness (QED) is 0.633. The summed E-state index contributed by atoms with van der Waals surface area (Å²) in [6.45, 7) is 14.9. The Morgan fingerprint density at radius 2 is 1.65 bits per heavy atom. The van der Waals surface area contributed by atoms with Gasteiger partial charge in [-0.1, -0.05) is 26.0 Å². The first kappa shape index (κ1) is 25.8. The number of carbonyl (C=O) groups excluding carboxylic acids is 1. The van der Waals surface area contributed by atoms with E-state index in [9.17, 15) is 18.0 Å². The Labute approximate surface area is 200 Å². The SMILES string of the molecule is CC1=C(N2CCN(C(=O)OC(C)(C)C)CC2)C=C(c2ccc(C(F)(F)F)cc2)NN1CC(C)C. The minimum Gasteiger partial charge on any atom is -0.444 e. The molecule has 1 amide bonds. The minimum absolute atomic E-state index is 0.314. The number of hydrogen-bond acceptors (Lipinski definition) is 5. The number of amides is 1. The van der Waals surface area contributed by atoms with Crippen LogP contribution in [-0.4, -0.2) is 59.2 Å². The predicted molar refractivity (Wildman–Crippen MR) is 126 cm³/mol. The summed E-state index contributed by atoms with van der Waals surface area (Å²) in [7, 11) is 0. The molecular weight excluding hydrogens is 445 g/mol. The molecule has 1 N–H and O–H groups in total. The number of halogens is 3. The molecule has 188 valence electrons. The first-order valence-electron chi connectivity index (χ1n) is 11.6. The number of hydrazine groups is 1. The van der Waals surface area contributed by atoms with Crippen LogP contribution in [0.15, 0.2) is 41.7 Å². The number of nitrogens with one attached hydrogen (secondary N) is 1. The van der Waals surface area contributed by atoms with Crippen molar-refractivity contribution in [1.82, 2.24) is 20.2 Å². The van der Waals surface area contributed by atoms with E-state index in [0.29, 0.717) is 37.7 Å². The molecule has 0 saturated carbocycles. The Bertz CT molecular complexity index is 938. The van der Waals surface area contributed by atoms with Gasteiger partial charge in [0.1, 0.15) is 5.60 Å². The highest BCUT2D eigenvalue weighted by atomic mass is 19.4. The van der Waals surface area contributed by atoms with Gasteiger partial charge in [0.2, 0.25) is 0 Å². The molecule has 34 heavy (non-hydrogen) atoms. The van der Waals surface area contributed by atoms with Gasteiger partial charge in [0.15, 0.2) is 0 Å². The summed E-state index contributed by atoms with van der Waals surface area (Å²) >= 11 is 0. The molecule has 3 rings (SSSR count). The summed E-state index contributed by atoms with van der Waals surface area (Å²) in [5.74, 6) is 0.375. The Hall–Kier alpha value is -2.84. The van der Waals surface area contributed by atoms with Gasteiger partial charge >= 0.3 is 12.3 Å². The third kappa shape index (κ3) is 6.39.